The number of anilines is 2. The highest BCUT2D eigenvalue weighted by atomic mass is 19.4. The number of pyridine rings is 1. The molecular formula is C27H27F3N6O. The number of alkyl halides is 3. The fourth-order valence-electron chi connectivity index (χ4n) is 4.63. The van der Waals surface area contributed by atoms with Crippen molar-refractivity contribution in [2.24, 2.45) is 7.05 Å². The summed E-state index contributed by atoms with van der Waals surface area (Å²) in [4.78, 5) is 19.7. The Balaban J connectivity index is 1.33. The largest absolute Gasteiger partial charge is 0.416 e. The summed E-state index contributed by atoms with van der Waals surface area (Å²) in [6.07, 6.45) is 1.00. The minimum atomic E-state index is -4.48. The first-order valence-corrected chi connectivity index (χ1v) is 12.2. The molecule has 5 rings (SSSR count). The molecule has 3 heterocycles. The van der Waals surface area contributed by atoms with Crippen molar-refractivity contribution >= 4 is 28.4 Å². The van der Waals surface area contributed by atoms with Gasteiger partial charge in [0.25, 0.3) is 0 Å². The molecule has 0 atom stereocenters. The van der Waals surface area contributed by atoms with Crippen LogP contribution in [-0.2, 0) is 19.8 Å². The molecule has 1 saturated heterocycles. The van der Waals surface area contributed by atoms with Crippen LogP contribution in [0.15, 0.2) is 60.8 Å². The van der Waals surface area contributed by atoms with Crippen LogP contribution in [0, 0.1) is 0 Å². The number of nitrogens with one attached hydrogen (secondary N) is 2. The maximum Gasteiger partial charge on any atom is 0.416 e. The smallest absolute Gasteiger partial charge is 0.308 e. The monoisotopic (exact) mass is 508 g/mol. The van der Waals surface area contributed by atoms with Gasteiger partial charge in [0.2, 0.25) is 0 Å². The molecule has 2 aromatic heterocycles. The zero-order valence-electron chi connectivity index (χ0n) is 20.3. The van der Waals surface area contributed by atoms with Crippen LogP contribution in [0.4, 0.5) is 29.3 Å². The first-order valence-electron chi connectivity index (χ1n) is 12.2. The molecule has 1 aliphatic heterocycles. The Hall–Kier alpha value is -3.92. The molecular weight excluding hydrogens is 481 g/mol. The fourth-order valence-corrected chi connectivity index (χ4v) is 4.63. The number of hydrogen-bond acceptors (Lipinski definition) is 4. The van der Waals surface area contributed by atoms with E-state index in [2.05, 4.69) is 26.7 Å². The van der Waals surface area contributed by atoms with Gasteiger partial charge in [0, 0.05) is 30.4 Å². The van der Waals surface area contributed by atoms with Gasteiger partial charge in [-0.2, -0.15) is 18.3 Å². The van der Waals surface area contributed by atoms with Crippen LogP contribution in [0.1, 0.15) is 30.5 Å². The molecule has 0 bridgehead atoms. The number of carbonyl (C=O) groups is 1. The predicted octanol–water partition coefficient (Wildman–Crippen LogP) is 6.28. The zero-order valence-corrected chi connectivity index (χ0v) is 20.3. The maximum atomic E-state index is 12.9. The minimum absolute atomic E-state index is 0.0564. The summed E-state index contributed by atoms with van der Waals surface area (Å²) in [5.74, 6) is 0. The molecule has 1 aliphatic rings. The number of carbonyl (C=O) groups excluding carboxylic acids is 1. The number of fused-ring (bicyclic) bond motifs is 1. The summed E-state index contributed by atoms with van der Waals surface area (Å²) in [7, 11) is 1.87. The van der Waals surface area contributed by atoms with E-state index in [1.165, 1.54) is 31.4 Å². The van der Waals surface area contributed by atoms with E-state index in [1.54, 1.807) is 23.0 Å². The molecule has 2 amide bonds. The number of halogens is 3. The minimum Gasteiger partial charge on any atom is -0.308 e. The quantitative estimate of drug-likeness (QED) is 0.333. The first kappa shape index (κ1) is 24.8. The van der Waals surface area contributed by atoms with Gasteiger partial charge >= 0.3 is 12.2 Å². The first-order chi connectivity index (χ1) is 17.8. The van der Waals surface area contributed by atoms with Gasteiger partial charge in [-0.25, -0.2) is 9.78 Å². The van der Waals surface area contributed by atoms with Gasteiger partial charge in [0.1, 0.15) is 0 Å². The molecule has 4 aromatic rings. The van der Waals surface area contributed by atoms with Gasteiger partial charge in [0.15, 0.2) is 5.65 Å². The maximum absolute atomic E-state index is 12.9. The molecule has 2 N–H and O–H groups in total. The van der Waals surface area contributed by atoms with Gasteiger partial charge in [-0.1, -0.05) is 24.6 Å². The van der Waals surface area contributed by atoms with Gasteiger partial charge in [0.05, 0.1) is 17.5 Å². The lowest BCUT2D eigenvalue weighted by atomic mass is 10.0. The van der Waals surface area contributed by atoms with E-state index in [0.717, 1.165) is 59.6 Å². The Morgan fingerprint density at radius 2 is 1.70 bits per heavy atom. The Labute approximate surface area is 212 Å². The normalized spacial score (nSPS) is 14.6. The summed E-state index contributed by atoms with van der Waals surface area (Å²) >= 11 is 0. The van der Waals surface area contributed by atoms with Crippen molar-refractivity contribution in [1.29, 1.82) is 0 Å². The lowest BCUT2D eigenvalue weighted by molar-refractivity contribution is -0.137. The van der Waals surface area contributed by atoms with Crippen LogP contribution in [0.25, 0.3) is 22.2 Å². The summed E-state index contributed by atoms with van der Waals surface area (Å²) < 4.78 is 40.6. The number of benzene rings is 2. The third-order valence-corrected chi connectivity index (χ3v) is 6.49. The van der Waals surface area contributed by atoms with E-state index in [0.29, 0.717) is 5.69 Å². The van der Waals surface area contributed by atoms with E-state index < -0.39 is 17.8 Å². The van der Waals surface area contributed by atoms with Gasteiger partial charge < -0.3 is 10.6 Å². The molecule has 0 spiro atoms. The highest BCUT2D eigenvalue weighted by Gasteiger charge is 2.30. The van der Waals surface area contributed by atoms with Crippen LogP contribution in [-0.4, -0.2) is 38.8 Å². The average molecular weight is 509 g/mol. The SMILES string of the molecule is Cn1ncc2c(-c3ccc(NC(=O)Nc4cccc(C(F)(F)F)c4)cc3)cc(CN3CCCCC3)nc21. The van der Waals surface area contributed by atoms with Crippen LogP contribution >= 0.6 is 0 Å². The van der Waals surface area contributed by atoms with Crippen LogP contribution in [0.5, 0.6) is 0 Å². The van der Waals surface area contributed by atoms with Crippen molar-refractivity contribution in [1.82, 2.24) is 19.7 Å². The van der Waals surface area contributed by atoms with E-state index in [9.17, 15) is 18.0 Å². The summed E-state index contributed by atoms with van der Waals surface area (Å²) in [5, 5.41) is 10.4. The van der Waals surface area contributed by atoms with Crippen molar-refractivity contribution in [3.63, 3.8) is 0 Å². The Morgan fingerprint density at radius 1 is 0.973 bits per heavy atom. The number of hydrogen-bond donors (Lipinski definition) is 2. The zero-order chi connectivity index (χ0) is 26.0. The number of urea groups is 1. The Bertz CT molecular complexity index is 1410. The van der Waals surface area contributed by atoms with E-state index in [1.807, 2.05) is 19.2 Å². The standard InChI is InChI=1S/C27H27F3N6O/c1-35-25-24(16-31-35)23(15-22(32-25)17-36-12-3-2-4-13-36)18-8-10-20(11-9-18)33-26(37)34-21-7-5-6-19(14-21)27(28,29)30/h5-11,14-16H,2-4,12-13,17H2,1H3,(H2,33,34,37). The molecule has 192 valence electrons. The number of nitrogens with zero attached hydrogens (tertiary/aromatic N) is 4. The van der Waals surface area contributed by atoms with E-state index >= 15 is 0 Å². The molecule has 37 heavy (non-hydrogen) atoms. The van der Waals surface area contributed by atoms with Crippen LogP contribution in [0.2, 0.25) is 0 Å². The summed E-state index contributed by atoms with van der Waals surface area (Å²) in [5.41, 5.74) is 3.49. The van der Waals surface area contributed by atoms with Gasteiger partial charge in [-0.05, 0) is 73.5 Å². The molecule has 1 fully saturated rings. The third-order valence-electron chi connectivity index (χ3n) is 6.49. The average Bonchev–Trinajstić information content (AvgIpc) is 3.25. The third kappa shape index (κ3) is 5.75. The van der Waals surface area contributed by atoms with Crippen molar-refractivity contribution in [2.75, 3.05) is 23.7 Å². The van der Waals surface area contributed by atoms with Crippen molar-refractivity contribution in [2.45, 2.75) is 32.0 Å². The fraction of sp³-hybridized carbons (Fsp3) is 0.296. The summed E-state index contributed by atoms with van der Waals surface area (Å²) in [6, 6.07) is 13.3. The number of aromatic nitrogens is 3. The number of amides is 2. The van der Waals surface area contributed by atoms with Crippen LogP contribution in [0.3, 0.4) is 0 Å². The van der Waals surface area contributed by atoms with Crippen molar-refractivity contribution in [3.8, 4) is 11.1 Å². The Kier molecular flexibility index (Phi) is 6.84. The topological polar surface area (TPSA) is 75.1 Å². The summed E-state index contributed by atoms with van der Waals surface area (Å²) in [6.45, 7) is 2.93. The highest BCUT2D eigenvalue weighted by Crippen LogP contribution is 2.32. The molecule has 0 radical (unpaired) electrons. The second-order valence-electron chi connectivity index (χ2n) is 9.24. The number of likely N-dealkylation sites (tertiary alicyclic amines) is 1. The van der Waals surface area contributed by atoms with Crippen molar-refractivity contribution in [3.05, 3.63) is 72.1 Å². The molecule has 7 nitrogen and oxygen atoms in total. The lowest BCUT2D eigenvalue weighted by Gasteiger charge is -2.26. The molecule has 0 unspecified atom stereocenters. The van der Waals surface area contributed by atoms with E-state index in [4.69, 9.17) is 4.98 Å². The lowest BCUT2D eigenvalue weighted by Crippen LogP contribution is -2.29. The molecule has 10 heteroatoms. The Morgan fingerprint density at radius 3 is 2.43 bits per heavy atom. The highest BCUT2D eigenvalue weighted by molar-refractivity contribution is 6.00. The number of piperidine rings is 1. The molecule has 0 saturated carbocycles. The van der Waals surface area contributed by atoms with Gasteiger partial charge in [-0.3, -0.25) is 9.58 Å². The van der Waals surface area contributed by atoms with Crippen molar-refractivity contribution < 1.29 is 18.0 Å². The molecule has 0 aliphatic carbocycles. The van der Waals surface area contributed by atoms with Crippen LogP contribution < -0.4 is 10.6 Å². The number of aryl methyl sites for hydroxylation is 1. The van der Waals surface area contributed by atoms with E-state index in [-0.39, 0.29) is 5.69 Å². The second-order valence-corrected chi connectivity index (χ2v) is 9.24. The second kappa shape index (κ2) is 10.2. The van der Waals surface area contributed by atoms with Gasteiger partial charge in [-0.15, -0.1) is 0 Å². The number of rotatable bonds is 5. The molecule has 2 aromatic carbocycles. The predicted molar refractivity (Wildman–Crippen MR) is 137 cm³/mol.